The number of ether oxygens (including phenoxy) is 2. The molecule has 3 N–H and O–H groups in total. The molecule has 0 spiro atoms. The van der Waals surface area contributed by atoms with E-state index < -0.39 is 10.8 Å². The number of carbonyl (C=O) groups is 1. The Morgan fingerprint density at radius 1 is 1.15 bits per heavy atom. The molecule has 0 bridgehead atoms. The van der Waals surface area contributed by atoms with Gasteiger partial charge in [0, 0.05) is 69.6 Å². The number of amides is 1. The van der Waals surface area contributed by atoms with Gasteiger partial charge in [-0.1, -0.05) is 28.2 Å². The van der Waals surface area contributed by atoms with Gasteiger partial charge < -0.3 is 24.6 Å². The zero-order valence-corrected chi connectivity index (χ0v) is 20.2. The van der Waals surface area contributed by atoms with E-state index in [2.05, 4.69) is 20.7 Å². The Balaban J connectivity index is 1.38. The van der Waals surface area contributed by atoms with Crippen LogP contribution in [0.3, 0.4) is 0 Å². The fraction of sp³-hybridized carbons (Fsp3) is 0.455. The van der Waals surface area contributed by atoms with Crippen molar-refractivity contribution in [2.75, 3.05) is 50.8 Å². The van der Waals surface area contributed by atoms with Gasteiger partial charge in [-0.05, 0) is 31.2 Å². The number of carbonyl (C=O) groups excluding carboxylic acids is 1. The van der Waals surface area contributed by atoms with Crippen molar-refractivity contribution in [3.63, 3.8) is 0 Å². The lowest BCUT2D eigenvalue weighted by molar-refractivity contribution is 0.107. The molecular formula is C22H30N4O5S2. The number of rotatable bonds is 6. The van der Waals surface area contributed by atoms with Crippen molar-refractivity contribution in [1.82, 2.24) is 10.2 Å². The van der Waals surface area contributed by atoms with E-state index in [0.717, 1.165) is 31.9 Å². The van der Waals surface area contributed by atoms with E-state index in [4.69, 9.17) is 9.47 Å². The van der Waals surface area contributed by atoms with Crippen LogP contribution in [-0.2, 0) is 4.74 Å². The van der Waals surface area contributed by atoms with E-state index in [1.807, 2.05) is 18.2 Å². The number of thiophene rings is 1. The number of nitrogens with zero attached hydrogens (tertiary/aromatic N) is 3. The molecule has 2 saturated heterocycles. The molecule has 1 aromatic carbocycles. The second-order valence-corrected chi connectivity index (χ2v) is 10.7. The van der Waals surface area contributed by atoms with Crippen LogP contribution in [0.4, 0.5) is 10.5 Å². The highest BCUT2D eigenvalue weighted by atomic mass is 32.3. The van der Waals surface area contributed by atoms with Gasteiger partial charge in [0.25, 0.3) is 0 Å². The molecule has 4 rings (SSSR count). The second kappa shape index (κ2) is 10.7. The van der Waals surface area contributed by atoms with Crippen molar-refractivity contribution >= 4 is 39.6 Å². The molecule has 0 unspecified atom stereocenters. The summed E-state index contributed by atoms with van der Waals surface area (Å²) in [5.74, 6) is 0.702. The van der Waals surface area contributed by atoms with Crippen LogP contribution in [0.2, 0.25) is 0 Å². The Hall–Kier alpha value is -2.31. The summed E-state index contributed by atoms with van der Waals surface area (Å²) in [4.78, 5) is 15.7. The van der Waals surface area contributed by atoms with Crippen molar-refractivity contribution < 1.29 is 23.4 Å². The van der Waals surface area contributed by atoms with Crippen molar-refractivity contribution in [1.29, 1.82) is 0 Å². The molecule has 2 aliphatic rings. The van der Waals surface area contributed by atoms with Crippen LogP contribution in [0.15, 0.2) is 45.0 Å². The Morgan fingerprint density at radius 2 is 1.91 bits per heavy atom. The van der Waals surface area contributed by atoms with E-state index in [9.17, 15) is 13.9 Å². The van der Waals surface area contributed by atoms with Gasteiger partial charge >= 0.3 is 6.09 Å². The smallest absolute Gasteiger partial charge is 0.409 e. The third-order valence-electron chi connectivity index (χ3n) is 5.47. The fourth-order valence-electron chi connectivity index (χ4n) is 3.77. The normalized spacial score (nSPS) is 17.6. The van der Waals surface area contributed by atoms with Gasteiger partial charge in [-0.3, -0.25) is 9.11 Å². The number of anilines is 1. The number of benzene rings is 1. The first-order valence-corrected chi connectivity index (χ1v) is 13.4. The zero-order valence-electron chi connectivity index (χ0n) is 18.6. The van der Waals surface area contributed by atoms with E-state index in [1.54, 1.807) is 24.0 Å². The Labute approximate surface area is 199 Å². The standard InChI is InChI=1S/C22H30N4O5S2/c1-2-30-22(27)26-12-8-17(9-13-26)24-33(28,29)21-7-6-20(32-21)31-19-5-3-4-18(16-19)25-14-10-23-11-15-25/h3-7,16,23,28-29H,2,8-15H2,1H3. The summed E-state index contributed by atoms with van der Waals surface area (Å²) in [5, 5.41) is 3.92. The predicted molar refractivity (Wildman–Crippen MR) is 132 cm³/mol. The van der Waals surface area contributed by atoms with E-state index >= 15 is 0 Å². The Kier molecular flexibility index (Phi) is 7.76. The summed E-state index contributed by atoms with van der Waals surface area (Å²) in [7, 11) is -3.33. The second-order valence-electron chi connectivity index (χ2n) is 7.77. The van der Waals surface area contributed by atoms with Crippen LogP contribution in [0.5, 0.6) is 10.8 Å². The molecular weight excluding hydrogens is 464 g/mol. The quantitative estimate of drug-likeness (QED) is 0.536. The number of nitrogens with one attached hydrogen (secondary N) is 1. The molecule has 2 aromatic rings. The summed E-state index contributed by atoms with van der Waals surface area (Å²) in [5.41, 5.74) is 1.80. The number of piperidine rings is 1. The minimum Gasteiger partial charge on any atom is -0.450 e. The maximum absolute atomic E-state index is 11.8. The van der Waals surface area contributed by atoms with Crippen LogP contribution in [-0.4, -0.2) is 71.7 Å². The SMILES string of the molecule is CCOC(=O)N1CCC(=NS(O)(O)c2ccc(Oc3cccc(N4CCNCC4)c3)s2)CC1. The molecule has 0 radical (unpaired) electrons. The van der Waals surface area contributed by atoms with Crippen molar-refractivity contribution in [2.45, 2.75) is 24.0 Å². The summed E-state index contributed by atoms with van der Waals surface area (Å²) < 4.78 is 37.0. The summed E-state index contributed by atoms with van der Waals surface area (Å²) in [6.07, 6.45) is 0.633. The largest absolute Gasteiger partial charge is 0.450 e. The van der Waals surface area contributed by atoms with Crippen LogP contribution >= 0.6 is 22.1 Å². The molecule has 1 amide bonds. The van der Waals surface area contributed by atoms with E-state index in [0.29, 0.717) is 53.3 Å². The lowest BCUT2D eigenvalue weighted by Crippen LogP contribution is -2.43. The minimum absolute atomic E-state index is 0.333. The fourth-order valence-corrected chi connectivity index (χ4v) is 6.06. The molecule has 180 valence electrons. The number of hydrogen-bond donors (Lipinski definition) is 3. The highest BCUT2D eigenvalue weighted by molar-refractivity contribution is 8.24. The van der Waals surface area contributed by atoms with Crippen molar-refractivity contribution in [3.8, 4) is 10.8 Å². The van der Waals surface area contributed by atoms with Crippen LogP contribution in [0, 0.1) is 0 Å². The average Bonchev–Trinajstić information content (AvgIpc) is 3.30. The van der Waals surface area contributed by atoms with Crippen LogP contribution in [0.25, 0.3) is 0 Å². The first-order valence-electron chi connectivity index (χ1n) is 11.1. The van der Waals surface area contributed by atoms with Crippen LogP contribution in [0.1, 0.15) is 19.8 Å². The topological polar surface area (TPSA) is 107 Å². The average molecular weight is 495 g/mol. The minimum atomic E-state index is -3.33. The first kappa shape index (κ1) is 23.8. The number of piperazine rings is 1. The molecule has 0 saturated carbocycles. The molecule has 2 aliphatic heterocycles. The molecule has 0 aliphatic carbocycles. The molecule has 9 nitrogen and oxygen atoms in total. The van der Waals surface area contributed by atoms with Gasteiger partial charge in [0.05, 0.1) is 6.61 Å². The molecule has 11 heteroatoms. The Bertz CT molecular complexity index is 981. The summed E-state index contributed by atoms with van der Waals surface area (Å²) in [6, 6.07) is 11.3. The van der Waals surface area contributed by atoms with Crippen molar-refractivity contribution in [2.24, 2.45) is 4.40 Å². The first-order chi connectivity index (χ1) is 15.9. The maximum Gasteiger partial charge on any atom is 0.409 e. The third kappa shape index (κ3) is 6.18. The predicted octanol–water partition coefficient (Wildman–Crippen LogP) is 4.67. The summed E-state index contributed by atoms with van der Waals surface area (Å²) in [6.45, 7) is 6.83. The van der Waals surface area contributed by atoms with Gasteiger partial charge in [0.15, 0.2) is 5.06 Å². The maximum atomic E-state index is 11.8. The lowest BCUT2D eigenvalue weighted by atomic mass is 10.1. The molecule has 33 heavy (non-hydrogen) atoms. The lowest BCUT2D eigenvalue weighted by Gasteiger charge is -2.30. The van der Waals surface area contributed by atoms with Gasteiger partial charge in [-0.2, -0.15) is 4.40 Å². The molecule has 1 aromatic heterocycles. The highest BCUT2D eigenvalue weighted by Crippen LogP contribution is 2.54. The van der Waals surface area contributed by atoms with Crippen LogP contribution < -0.4 is 15.0 Å². The van der Waals surface area contributed by atoms with Gasteiger partial charge in [-0.15, -0.1) is 0 Å². The third-order valence-corrected chi connectivity index (χ3v) is 8.34. The summed E-state index contributed by atoms with van der Waals surface area (Å²) >= 11 is 1.18. The van der Waals surface area contributed by atoms with Gasteiger partial charge in [0.1, 0.15) is 9.96 Å². The van der Waals surface area contributed by atoms with Gasteiger partial charge in [0.2, 0.25) is 0 Å². The number of hydrogen-bond acceptors (Lipinski definition) is 9. The number of likely N-dealkylation sites (tertiary alicyclic amines) is 1. The monoisotopic (exact) mass is 494 g/mol. The molecule has 2 fully saturated rings. The van der Waals surface area contributed by atoms with Gasteiger partial charge in [-0.25, -0.2) is 4.79 Å². The van der Waals surface area contributed by atoms with E-state index in [1.165, 1.54) is 11.3 Å². The molecule has 0 atom stereocenters. The van der Waals surface area contributed by atoms with E-state index in [-0.39, 0.29) is 6.09 Å². The van der Waals surface area contributed by atoms with Crippen molar-refractivity contribution in [3.05, 3.63) is 36.4 Å². The Morgan fingerprint density at radius 3 is 2.64 bits per heavy atom. The highest BCUT2D eigenvalue weighted by Gasteiger charge is 2.24. The molecule has 3 heterocycles. The zero-order chi connectivity index (χ0) is 23.3.